The summed E-state index contributed by atoms with van der Waals surface area (Å²) in [4.78, 5) is 4.49. The number of nitrogens with zero attached hydrogens (tertiary/aromatic N) is 3. The molecule has 3 aromatic carbocycles. The lowest BCUT2D eigenvalue weighted by atomic mass is 10.1. The molecule has 7 heteroatoms. The van der Waals surface area contributed by atoms with Gasteiger partial charge in [0.25, 0.3) is 0 Å². The molecule has 1 heterocycles. The molecule has 30 heavy (non-hydrogen) atoms. The van der Waals surface area contributed by atoms with Crippen LogP contribution in [0.4, 0.5) is 4.39 Å². The Labute approximate surface area is 182 Å². The average Bonchev–Trinajstić information content (AvgIpc) is 3.11. The Bertz CT molecular complexity index is 1320. The van der Waals surface area contributed by atoms with Gasteiger partial charge in [0, 0.05) is 21.2 Å². The Morgan fingerprint density at radius 1 is 1.00 bits per heavy atom. The maximum absolute atomic E-state index is 15.0. The highest BCUT2D eigenvalue weighted by Gasteiger charge is 2.25. The molecule has 0 fully saturated rings. The fourth-order valence-electron chi connectivity index (χ4n) is 3.34. The molecule has 0 amide bonds. The predicted molar refractivity (Wildman–Crippen MR) is 116 cm³/mol. The summed E-state index contributed by atoms with van der Waals surface area (Å²) < 4.78 is 16.5. The minimum Gasteiger partial charge on any atom is -0.507 e. The fraction of sp³-hybridized carbons (Fsp3) is 0.0435. The summed E-state index contributed by atoms with van der Waals surface area (Å²) in [6.45, 7) is 1.89. The number of hydrogen-bond acceptors (Lipinski definition) is 3. The van der Waals surface area contributed by atoms with Crippen LogP contribution in [0.2, 0.25) is 10.0 Å². The number of hydrogen-bond donors (Lipinski definition) is 1. The molecule has 0 bridgehead atoms. The average molecular weight is 438 g/mol. The van der Waals surface area contributed by atoms with Crippen LogP contribution >= 0.6 is 23.2 Å². The van der Waals surface area contributed by atoms with Crippen LogP contribution in [0.15, 0.2) is 60.7 Å². The van der Waals surface area contributed by atoms with Crippen LogP contribution in [0.25, 0.3) is 28.3 Å². The van der Waals surface area contributed by atoms with Crippen molar-refractivity contribution in [2.45, 2.75) is 6.92 Å². The number of imidazole rings is 1. The molecule has 0 saturated carbocycles. The van der Waals surface area contributed by atoms with E-state index in [0.29, 0.717) is 21.4 Å². The summed E-state index contributed by atoms with van der Waals surface area (Å²) in [6, 6.07) is 18.1. The summed E-state index contributed by atoms with van der Waals surface area (Å²) in [5.74, 6) is -0.324. The molecular formula is C23H14Cl2FN3O. The molecule has 4 rings (SSSR count). The van der Waals surface area contributed by atoms with Crippen molar-refractivity contribution in [1.29, 1.82) is 5.26 Å². The lowest BCUT2D eigenvalue weighted by molar-refractivity contribution is 0.477. The van der Waals surface area contributed by atoms with Gasteiger partial charge in [-0.25, -0.2) is 9.37 Å². The lowest BCUT2D eigenvalue weighted by Crippen LogP contribution is -2.04. The Hall–Kier alpha value is -3.33. The molecule has 0 spiro atoms. The molecule has 0 saturated heterocycles. The predicted octanol–water partition coefficient (Wildman–Crippen LogP) is 6.54. The first-order valence-corrected chi connectivity index (χ1v) is 9.69. The van der Waals surface area contributed by atoms with E-state index in [4.69, 9.17) is 23.2 Å². The zero-order valence-corrected chi connectivity index (χ0v) is 17.2. The third-order valence-electron chi connectivity index (χ3n) is 4.73. The van der Waals surface area contributed by atoms with Crippen molar-refractivity contribution in [3.05, 3.63) is 87.8 Å². The van der Waals surface area contributed by atoms with E-state index >= 15 is 0 Å². The molecule has 0 aliphatic carbocycles. The monoisotopic (exact) mass is 437 g/mol. The third kappa shape index (κ3) is 3.41. The van der Waals surface area contributed by atoms with Crippen LogP contribution in [0.5, 0.6) is 5.75 Å². The largest absolute Gasteiger partial charge is 0.507 e. The number of nitriles is 1. The molecule has 0 radical (unpaired) electrons. The van der Waals surface area contributed by atoms with Gasteiger partial charge in [0.15, 0.2) is 5.69 Å². The second-order valence-electron chi connectivity index (χ2n) is 6.65. The topological polar surface area (TPSA) is 61.8 Å². The minimum atomic E-state index is -0.557. The number of benzene rings is 3. The first-order valence-electron chi connectivity index (χ1n) is 8.94. The Morgan fingerprint density at radius 2 is 1.70 bits per heavy atom. The maximum Gasteiger partial charge on any atom is 0.167 e. The highest BCUT2D eigenvalue weighted by Crippen LogP contribution is 2.40. The first kappa shape index (κ1) is 20.0. The summed E-state index contributed by atoms with van der Waals surface area (Å²) in [5.41, 5.74) is 2.19. The van der Waals surface area contributed by atoms with Crippen molar-refractivity contribution < 1.29 is 9.50 Å². The standard InChI is InChI=1S/C23H14Cl2FN3O/c1-13-4-2-3-5-16(13)23-28-19(12-27)22(17-10-14(24)7-9-21(17)30)29(23)20-11-15(25)6-8-18(20)26/h2-11,30H,1H3. The molecule has 0 atom stereocenters. The molecule has 0 aliphatic heterocycles. The number of phenolic OH excluding ortho intramolecular Hbond substituents is 1. The van der Waals surface area contributed by atoms with E-state index in [-0.39, 0.29) is 28.4 Å². The Kier molecular flexibility index (Phi) is 5.21. The Balaban J connectivity index is 2.18. The molecule has 1 N–H and O–H groups in total. The van der Waals surface area contributed by atoms with Gasteiger partial charge in [-0.2, -0.15) is 5.26 Å². The highest BCUT2D eigenvalue weighted by atomic mass is 35.5. The molecule has 4 nitrogen and oxygen atoms in total. The zero-order chi connectivity index (χ0) is 21.4. The summed E-state index contributed by atoms with van der Waals surface area (Å²) >= 11 is 12.3. The van der Waals surface area contributed by atoms with Crippen LogP contribution in [0.1, 0.15) is 11.3 Å². The second-order valence-corrected chi connectivity index (χ2v) is 7.52. The van der Waals surface area contributed by atoms with E-state index in [0.717, 1.165) is 5.56 Å². The van der Waals surface area contributed by atoms with Gasteiger partial charge in [0.2, 0.25) is 0 Å². The van der Waals surface area contributed by atoms with Crippen molar-refractivity contribution in [3.63, 3.8) is 0 Å². The van der Waals surface area contributed by atoms with Crippen molar-refractivity contribution in [2.24, 2.45) is 0 Å². The van der Waals surface area contributed by atoms with Crippen LogP contribution in [-0.4, -0.2) is 14.7 Å². The lowest BCUT2D eigenvalue weighted by Gasteiger charge is -2.15. The number of phenols is 1. The number of aromatic nitrogens is 2. The SMILES string of the molecule is Cc1ccccc1-c1nc(C#N)c(-c2cc(Cl)ccc2O)n1-c1cc(Cl)ccc1F. The molecule has 1 aromatic heterocycles. The van der Waals surface area contributed by atoms with E-state index in [1.807, 2.05) is 31.2 Å². The van der Waals surface area contributed by atoms with Gasteiger partial charge in [-0.15, -0.1) is 0 Å². The van der Waals surface area contributed by atoms with Crippen LogP contribution in [0.3, 0.4) is 0 Å². The van der Waals surface area contributed by atoms with Crippen LogP contribution in [-0.2, 0) is 0 Å². The molecule has 0 aliphatic rings. The highest BCUT2D eigenvalue weighted by molar-refractivity contribution is 6.31. The smallest absolute Gasteiger partial charge is 0.167 e. The van der Waals surface area contributed by atoms with Crippen molar-refractivity contribution in [2.75, 3.05) is 0 Å². The van der Waals surface area contributed by atoms with Crippen molar-refractivity contribution in [3.8, 4) is 40.2 Å². The van der Waals surface area contributed by atoms with Gasteiger partial charge in [0.05, 0.1) is 11.4 Å². The second kappa shape index (κ2) is 7.83. The number of aryl methyl sites for hydroxylation is 1. The fourth-order valence-corrected chi connectivity index (χ4v) is 3.68. The summed E-state index contributed by atoms with van der Waals surface area (Å²) in [7, 11) is 0. The maximum atomic E-state index is 15.0. The summed E-state index contributed by atoms with van der Waals surface area (Å²) in [6.07, 6.45) is 0. The van der Waals surface area contributed by atoms with E-state index in [1.54, 1.807) is 0 Å². The van der Waals surface area contributed by atoms with Gasteiger partial charge in [-0.05, 0) is 48.9 Å². The van der Waals surface area contributed by atoms with Gasteiger partial charge in [-0.3, -0.25) is 4.57 Å². The summed E-state index contributed by atoms with van der Waals surface area (Å²) in [5, 5.41) is 21.0. The zero-order valence-electron chi connectivity index (χ0n) is 15.7. The first-order chi connectivity index (χ1) is 14.4. The number of halogens is 3. The van der Waals surface area contributed by atoms with E-state index in [9.17, 15) is 14.8 Å². The van der Waals surface area contributed by atoms with Crippen molar-refractivity contribution >= 4 is 23.2 Å². The number of aromatic hydroxyl groups is 1. The van der Waals surface area contributed by atoms with Gasteiger partial charge < -0.3 is 5.11 Å². The van der Waals surface area contributed by atoms with Gasteiger partial charge in [0.1, 0.15) is 23.5 Å². The number of rotatable bonds is 3. The van der Waals surface area contributed by atoms with E-state index in [2.05, 4.69) is 11.1 Å². The normalized spacial score (nSPS) is 10.8. The van der Waals surface area contributed by atoms with Gasteiger partial charge >= 0.3 is 0 Å². The van der Waals surface area contributed by atoms with Gasteiger partial charge in [-0.1, -0.05) is 47.5 Å². The van der Waals surface area contributed by atoms with Crippen LogP contribution < -0.4 is 0 Å². The molecule has 148 valence electrons. The molecule has 0 unspecified atom stereocenters. The third-order valence-corrected chi connectivity index (χ3v) is 5.20. The quantitative estimate of drug-likeness (QED) is 0.395. The minimum absolute atomic E-state index is 0.0187. The van der Waals surface area contributed by atoms with E-state index in [1.165, 1.54) is 41.0 Å². The molecule has 4 aromatic rings. The van der Waals surface area contributed by atoms with Crippen molar-refractivity contribution in [1.82, 2.24) is 9.55 Å². The molecular weight excluding hydrogens is 424 g/mol. The van der Waals surface area contributed by atoms with E-state index < -0.39 is 5.82 Å². The Morgan fingerprint density at radius 3 is 2.43 bits per heavy atom. The van der Waals surface area contributed by atoms with Crippen LogP contribution in [0, 0.1) is 24.1 Å².